The lowest BCUT2D eigenvalue weighted by molar-refractivity contribution is 0.288. The largest absolute Gasteiger partial charge is 0.485 e. The molecule has 0 aliphatic rings. The average Bonchev–Trinajstić information content (AvgIpc) is 2.94. The molecule has 0 unspecified atom stereocenters. The highest BCUT2D eigenvalue weighted by Crippen LogP contribution is 2.24. The van der Waals surface area contributed by atoms with E-state index in [1.807, 2.05) is 23.7 Å². The van der Waals surface area contributed by atoms with Crippen LogP contribution in [0.4, 0.5) is 0 Å². The first-order valence-corrected chi connectivity index (χ1v) is 9.29. The van der Waals surface area contributed by atoms with E-state index in [0.717, 1.165) is 22.5 Å². The Hall–Kier alpha value is -2.27. The van der Waals surface area contributed by atoms with Gasteiger partial charge in [-0.3, -0.25) is 0 Å². The molecule has 0 aliphatic heterocycles. The Morgan fingerprint density at radius 3 is 2.64 bits per heavy atom. The van der Waals surface area contributed by atoms with E-state index in [2.05, 4.69) is 61.3 Å². The van der Waals surface area contributed by atoms with Crippen molar-refractivity contribution in [2.45, 2.75) is 38.3 Å². The molecule has 0 N–H and O–H groups in total. The van der Waals surface area contributed by atoms with Crippen molar-refractivity contribution in [3.05, 3.63) is 70.5 Å². The first-order valence-electron chi connectivity index (χ1n) is 8.30. The van der Waals surface area contributed by atoms with Crippen LogP contribution in [0, 0.1) is 20.8 Å². The number of hydrogen-bond acceptors (Lipinski definition) is 4. The van der Waals surface area contributed by atoms with E-state index < -0.39 is 0 Å². The molecule has 5 heteroatoms. The maximum absolute atomic E-state index is 5.94. The molecule has 2 aromatic carbocycles. The summed E-state index contributed by atoms with van der Waals surface area (Å²) in [5, 5.41) is 9.49. The molecule has 0 radical (unpaired) electrons. The van der Waals surface area contributed by atoms with Gasteiger partial charge in [0.05, 0.1) is 0 Å². The summed E-state index contributed by atoms with van der Waals surface area (Å²) in [6, 6.07) is 14.6. The quantitative estimate of drug-likeness (QED) is 0.607. The number of aromatic nitrogens is 3. The fourth-order valence-electron chi connectivity index (χ4n) is 2.57. The normalized spacial score (nSPS) is 10.9. The molecule has 0 saturated carbocycles. The van der Waals surface area contributed by atoms with Crippen LogP contribution in [-0.4, -0.2) is 14.8 Å². The highest BCUT2D eigenvalue weighted by Gasteiger charge is 2.11. The molecule has 0 bridgehead atoms. The Morgan fingerprint density at radius 2 is 1.84 bits per heavy atom. The molecule has 0 fully saturated rings. The summed E-state index contributed by atoms with van der Waals surface area (Å²) in [6.45, 7) is 6.69. The Labute approximate surface area is 153 Å². The summed E-state index contributed by atoms with van der Waals surface area (Å²) in [5.41, 5.74) is 4.96. The summed E-state index contributed by atoms with van der Waals surface area (Å²) in [7, 11) is 1.99. The van der Waals surface area contributed by atoms with Crippen LogP contribution >= 0.6 is 11.8 Å². The van der Waals surface area contributed by atoms with Crippen LogP contribution in [0.1, 0.15) is 28.1 Å². The van der Waals surface area contributed by atoms with Gasteiger partial charge in [-0.2, -0.15) is 0 Å². The summed E-state index contributed by atoms with van der Waals surface area (Å²) in [6.07, 6.45) is 0. The maximum Gasteiger partial charge on any atom is 0.191 e. The molecule has 1 heterocycles. The first-order chi connectivity index (χ1) is 12.0. The van der Waals surface area contributed by atoms with Gasteiger partial charge in [-0.05, 0) is 43.5 Å². The van der Waals surface area contributed by atoms with Crippen LogP contribution in [0.2, 0.25) is 0 Å². The van der Waals surface area contributed by atoms with Crippen molar-refractivity contribution in [2.75, 3.05) is 0 Å². The van der Waals surface area contributed by atoms with E-state index in [1.165, 1.54) is 22.3 Å². The van der Waals surface area contributed by atoms with E-state index in [4.69, 9.17) is 4.74 Å². The van der Waals surface area contributed by atoms with Gasteiger partial charge >= 0.3 is 0 Å². The van der Waals surface area contributed by atoms with Gasteiger partial charge < -0.3 is 9.30 Å². The first kappa shape index (κ1) is 17.5. The predicted molar refractivity (Wildman–Crippen MR) is 102 cm³/mol. The highest BCUT2D eigenvalue weighted by molar-refractivity contribution is 7.98. The Kier molecular flexibility index (Phi) is 5.43. The molecule has 130 valence electrons. The second-order valence-electron chi connectivity index (χ2n) is 6.22. The van der Waals surface area contributed by atoms with Crippen molar-refractivity contribution in [3.63, 3.8) is 0 Å². The Morgan fingerprint density at radius 1 is 1.04 bits per heavy atom. The summed E-state index contributed by atoms with van der Waals surface area (Å²) in [4.78, 5) is 0. The predicted octanol–water partition coefficient (Wildman–Crippen LogP) is 4.61. The molecule has 0 saturated heterocycles. The monoisotopic (exact) mass is 353 g/mol. The average molecular weight is 353 g/mol. The fraction of sp³-hybridized carbons (Fsp3) is 0.300. The lowest BCUT2D eigenvalue weighted by Gasteiger charge is -2.10. The zero-order valence-corrected chi connectivity index (χ0v) is 15.9. The van der Waals surface area contributed by atoms with E-state index in [1.54, 1.807) is 11.8 Å². The topological polar surface area (TPSA) is 39.9 Å². The van der Waals surface area contributed by atoms with Crippen molar-refractivity contribution >= 4 is 11.8 Å². The highest BCUT2D eigenvalue weighted by atomic mass is 32.2. The van der Waals surface area contributed by atoms with E-state index in [9.17, 15) is 0 Å². The van der Waals surface area contributed by atoms with Crippen LogP contribution < -0.4 is 4.74 Å². The summed E-state index contributed by atoms with van der Waals surface area (Å²) in [5.74, 6) is 2.61. The summed E-state index contributed by atoms with van der Waals surface area (Å²) >= 11 is 1.69. The minimum Gasteiger partial charge on any atom is -0.485 e. The molecule has 0 amide bonds. The van der Waals surface area contributed by atoms with Crippen molar-refractivity contribution in [1.29, 1.82) is 0 Å². The van der Waals surface area contributed by atoms with Gasteiger partial charge in [0.15, 0.2) is 11.0 Å². The van der Waals surface area contributed by atoms with Gasteiger partial charge in [0.1, 0.15) is 12.4 Å². The Balaban J connectivity index is 1.64. The van der Waals surface area contributed by atoms with Crippen LogP contribution in [0.15, 0.2) is 47.6 Å². The van der Waals surface area contributed by atoms with Crippen LogP contribution in [0.25, 0.3) is 0 Å². The number of aryl methyl sites for hydroxylation is 2. The summed E-state index contributed by atoms with van der Waals surface area (Å²) < 4.78 is 7.95. The number of benzene rings is 2. The number of thioether (sulfide) groups is 1. The Bertz CT molecular complexity index is 873. The zero-order chi connectivity index (χ0) is 17.8. The molecule has 3 rings (SSSR count). The minimum atomic E-state index is 0.415. The molecule has 0 aliphatic carbocycles. The van der Waals surface area contributed by atoms with Crippen molar-refractivity contribution in [3.8, 4) is 5.75 Å². The molecule has 25 heavy (non-hydrogen) atoms. The van der Waals surface area contributed by atoms with Gasteiger partial charge in [0.25, 0.3) is 0 Å². The molecule has 3 aromatic rings. The van der Waals surface area contributed by atoms with Crippen LogP contribution in [0.3, 0.4) is 0 Å². The van der Waals surface area contributed by atoms with Crippen molar-refractivity contribution < 1.29 is 4.74 Å². The number of nitrogens with zero attached hydrogens (tertiary/aromatic N) is 3. The number of rotatable bonds is 6. The van der Waals surface area contributed by atoms with Crippen LogP contribution in [-0.2, 0) is 19.4 Å². The SMILES string of the molecule is Cc1cccc(CSc2nnc(COc3cccc(C)c3C)n2C)c1. The van der Waals surface area contributed by atoms with Gasteiger partial charge in [0.2, 0.25) is 0 Å². The van der Waals surface area contributed by atoms with Gasteiger partial charge in [0, 0.05) is 12.8 Å². The molecular formula is C20H23N3OS. The third-order valence-corrected chi connectivity index (χ3v) is 5.38. The minimum absolute atomic E-state index is 0.415. The molecule has 0 spiro atoms. The lowest BCUT2D eigenvalue weighted by atomic mass is 10.1. The van der Waals surface area contributed by atoms with E-state index in [-0.39, 0.29) is 0 Å². The molecular weight excluding hydrogens is 330 g/mol. The third-order valence-electron chi connectivity index (χ3n) is 4.29. The molecule has 4 nitrogen and oxygen atoms in total. The van der Waals surface area contributed by atoms with Crippen molar-refractivity contribution in [1.82, 2.24) is 14.8 Å². The zero-order valence-electron chi connectivity index (χ0n) is 15.1. The van der Waals surface area contributed by atoms with Crippen molar-refractivity contribution in [2.24, 2.45) is 7.05 Å². The lowest BCUT2D eigenvalue weighted by Crippen LogP contribution is -2.05. The second-order valence-corrected chi connectivity index (χ2v) is 7.16. The van der Waals surface area contributed by atoms with Gasteiger partial charge in [-0.15, -0.1) is 10.2 Å². The van der Waals surface area contributed by atoms with Gasteiger partial charge in [-0.25, -0.2) is 0 Å². The van der Waals surface area contributed by atoms with E-state index in [0.29, 0.717) is 6.61 Å². The number of hydrogen-bond donors (Lipinski definition) is 0. The van der Waals surface area contributed by atoms with E-state index >= 15 is 0 Å². The fourth-order valence-corrected chi connectivity index (χ4v) is 3.44. The molecule has 0 atom stereocenters. The standard InChI is InChI=1S/C20H23N3OS/c1-14-7-5-9-17(11-14)13-25-20-22-21-19(23(20)4)12-24-18-10-6-8-15(2)16(18)3/h5-11H,12-13H2,1-4H3. The third kappa shape index (κ3) is 4.23. The smallest absolute Gasteiger partial charge is 0.191 e. The molecule has 1 aromatic heterocycles. The second kappa shape index (κ2) is 7.74. The van der Waals surface area contributed by atoms with Crippen LogP contribution in [0.5, 0.6) is 5.75 Å². The number of ether oxygens (including phenoxy) is 1. The maximum atomic E-state index is 5.94. The van der Waals surface area contributed by atoms with Gasteiger partial charge in [-0.1, -0.05) is 53.7 Å².